The van der Waals surface area contributed by atoms with Crippen LogP contribution >= 0.6 is 35.0 Å². The normalized spacial score (nSPS) is 13.2. The number of fused-ring (bicyclic) bond motifs is 2. The van der Waals surface area contributed by atoms with Gasteiger partial charge in [0, 0.05) is 32.1 Å². The SMILES string of the molecule is COc1cc(Cl)c(C)cc1NC(=O)CSc1c2c(nc3ccc(Cl)cc13)CCCC2. The molecule has 1 aliphatic carbocycles. The summed E-state index contributed by atoms with van der Waals surface area (Å²) in [7, 11) is 1.56. The van der Waals surface area contributed by atoms with Crippen molar-refractivity contribution in [3.63, 3.8) is 0 Å². The molecule has 4 rings (SSSR count). The number of amides is 1. The van der Waals surface area contributed by atoms with Crippen molar-refractivity contribution in [1.29, 1.82) is 0 Å². The summed E-state index contributed by atoms with van der Waals surface area (Å²) in [5, 5.41) is 5.25. The molecular weight excluding hydrogens is 439 g/mol. The number of rotatable bonds is 5. The van der Waals surface area contributed by atoms with Crippen LogP contribution in [-0.4, -0.2) is 23.8 Å². The van der Waals surface area contributed by atoms with Crippen molar-refractivity contribution < 1.29 is 9.53 Å². The van der Waals surface area contributed by atoms with Crippen molar-refractivity contribution in [2.24, 2.45) is 0 Å². The molecule has 30 heavy (non-hydrogen) atoms. The molecule has 3 aromatic rings. The molecule has 0 atom stereocenters. The monoisotopic (exact) mass is 460 g/mol. The number of pyridine rings is 1. The van der Waals surface area contributed by atoms with Crippen LogP contribution in [0.2, 0.25) is 10.0 Å². The maximum atomic E-state index is 12.8. The summed E-state index contributed by atoms with van der Waals surface area (Å²) in [6.45, 7) is 1.89. The number of benzene rings is 2. The summed E-state index contributed by atoms with van der Waals surface area (Å²) < 4.78 is 5.36. The Balaban J connectivity index is 1.60. The van der Waals surface area contributed by atoms with Gasteiger partial charge in [0.2, 0.25) is 5.91 Å². The predicted octanol–water partition coefficient (Wildman–Crippen LogP) is 6.47. The Hall–Kier alpha value is -1.95. The van der Waals surface area contributed by atoms with Gasteiger partial charge in [0.25, 0.3) is 0 Å². The molecular formula is C23H22Cl2N2O2S. The van der Waals surface area contributed by atoms with Crippen LogP contribution in [0.1, 0.15) is 29.7 Å². The van der Waals surface area contributed by atoms with Gasteiger partial charge >= 0.3 is 0 Å². The molecule has 1 aliphatic rings. The number of nitrogens with one attached hydrogen (secondary N) is 1. The van der Waals surface area contributed by atoms with Gasteiger partial charge < -0.3 is 10.1 Å². The number of thioether (sulfide) groups is 1. The Bertz CT molecular complexity index is 1130. The predicted molar refractivity (Wildman–Crippen MR) is 125 cm³/mol. The molecule has 1 amide bonds. The van der Waals surface area contributed by atoms with E-state index in [1.165, 1.54) is 5.56 Å². The highest BCUT2D eigenvalue weighted by molar-refractivity contribution is 8.00. The minimum atomic E-state index is -0.100. The van der Waals surface area contributed by atoms with Crippen molar-refractivity contribution in [1.82, 2.24) is 4.98 Å². The molecule has 0 aliphatic heterocycles. The van der Waals surface area contributed by atoms with Crippen LogP contribution < -0.4 is 10.1 Å². The maximum absolute atomic E-state index is 12.8. The minimum absolute atomic E-state index is 0.100. The van der Waals surface area contributed by atoms with Gasteiger partial charge in [0.1, 0.15) is 5.75 Å². The highest BCUT2D eigenvalue weighted by Crippen LogP contribution is 2.37. The molecule has 0 unspecified atom stereocenters. The quantitative estimate of drug-likeness (QED) is 0.443. The molecule has 156 valence electrons. The summed E-state index contributed by atoms with van der Waals surface area (Å²) in [6.07, 6.45) is 4.26. The highest BCUT2D eigenvalue weighted by atomic mass is 35.5. The zero-order chi connectivity index (χ0) is 21.3. The second kappa shape index (κ2) is 9.04. The number of carbonyl (C=O) groups excluding carboxylic acids is 1. The molecule has 0 spiro atoms. The van der Waals surface area contributed by atoms with E-state index in [1.807, 2.05) is 31.2 Å². The van der Waals surface area contributed by atoms with Crippen LogP contribution in [0.25, 0.3) is 10.9 Å². The van der Waals surface area contributed by atoms with Gasteiger partial charge in [0.05, 0.1) is 24.1 Å². The summed E-state index contributed by atoms with van der Waals surface area (Å²) in [4.78, 5) is 18.7. The summed E-state index contributed by atoms with van der Waals surface area (Å²) >= 11 is 14.0. The van der Waals surface area contributed by atoms with E-state index in [2.05, 4.69) is 5.32 Å². The Morgan fingerprint density at radius 3 is 2.80 bits per heavy atom. The van der Waals surface area contributed by atoms with Crippen molar-refractivity contribution in [2.75, 3.05) is 18.2 Å². The van der Waals surface area contributed by atoms with E-state index >= 15 is 0 Å². The minimum Gasteiger partial charge on any atom is -0.495 e. The van der Waals surface area contributed by atoms with Crippen LogP contribution in [0.4, 0.5) is 5.69 Å². The summed E-state index contributed by atoms with van der Waals surface area (Å²) in [5.41, 5.74) is 4.83. The van der Waals surface area contributed by atoms with E-state index in [1.54, 1.807) is 24.9 Å². The molecule has 0 bridgehead atoms. The van der Waals surface area contributed by atoms with Crippen LogP contribution in [0, 0.1) is 6.92 Å². The third-order valence-electron chi connectivity index (χ3n) is 5.27. The van der Waals surface area contributed by atoms with Gasteiger partial charge in [-0.25, -0.2) is 0 Å². The number of hydrogen-bond acceptors (Lipinski definition) is 4. The molecule has 0 fully saturated rings. The summed E-state index contributed by atoms with van der Waals surface area (Å²) in [5.74, 6) is 0.724. The molecule has 2 aromatic carbocycles. The molecule has 0 radical (unpaired) electrons. The number of nitrogens with zero attached hydrogens (tertiary/aromatic N) is 1. The van der Waals surface area contributed by atoms with Gasteiger partial charge in [-0.3, -0.25) is 9.78 Å². The zero-order valence-electron chi connectivity index (χ0n) is 16.9. The van der Waals surface area contributed by atoms with Gasteiger partial charge in [0.15, 0.2) is 0 Å². The smallest absolute Gasteiger partial charge is 0.234 e. The lowest BCUT2D eigenvalue weighted by Gasteiger charge is -2.20. The Kier molecular flexibility index (Phi) is 6.42. The second-order valence-electron chi connectivity index (χ2n) is 7.37. The fourth-order valence-corrected chi connectivity index (χ4v) is 5.16. The van der Waals surface area contributed by atoms with Crippen molar-refractivity contribution in [2.45, 2.75) is 37.5 Å². The third-order valence-corrected chi connectivity index (χ3v) is 7.08. The first-order chi connectivity index (χ1) is 14.5. The van der Waals surface area contributed by atoms with E-state index in [9.17, 15) is 4.79 Å². The average molecular weight is 461 g/mol. The van der Waals surface area contributed by atoms with Gasteiger partial charge in [-0.1, -0.05) is 23.2 Å². The Labute approximate surface area is 190 Å². The summed E-state index contributed by atoms with van der Waals surface area (Å²) in [6, 6.07) is 9.31. The number of aromatic nitrogens is 1. The fraction of sp³-hybridized carbons (Fsp3) is 0.304. The van der Waals surface area contributed by atoms with Crippen LogP contribution in [0.15, 0.2) is 35.2 Å². The molecule has 1 aromatic heterocycles. The molecule has 1 heterocycles. The lowest BCUT2D eigenvalue weighted by molar-refractivity contribution is -0.113. The van der Waals surface area contributed by atoms with Gasteiger partial charge in [-0.15, -0.1) is 11.8 Å². The fourth-order valence-electron chi connectivity index (χ4n) is 3.77. The van der Waals surface area contributed by atoms with E-state index in [0.29, 0.717) is 21.5 Å². The third kappa shape index (κ3) is 4.39. The van der Waals surface area contributed by atoms with Crippen molar-refractivity contribution >= 4 is 57.5 Å². The van der Waals surface area contributed by atoms with E-state index in [-0.39, 0.29) is 11.7 Å². The first kappa shape index (κ1) is 21.3. The number of methoxy groups -OCH3 is 1. The van der Waals surface area contributed by atoms with Gasteiger partial charge in [-0.2, -0.15) is 0 Å². The van der Waals surface area contributed by atoms with Crippen LogP contribution in [0.3, 0.4) is 0 Å². The standard InChI is InChI=1S/C23H22Cl2N2O2S/c1-13-9-20(21(29-2)11-17(13)25)27-22(28)12-30-23-15-5-3-4-6-18(15)26-19-8-7-14(24)10-16(19)23/h7-11H,3-6,12H2,1-2H3,(H,27,28). The van der Waals surface area contributed by atoms with E-state index in [4.69, 9.17) is 32.9 Å². The average Bonchev–Trinajstić information content (AvgIpc) is 2.73. The van der Waals surface area contributed by atoms with Gasteiger partial charge in [-0.05, 0) is 68.0 Å². The topological polar surface area (TPSA) is 51.2 Å². The number of anilines is 1. The second-order valence-corrected chi connectivity index (χ2v) is 9.20. The lowest BCUT2D eigenvalue weighted by atomic mass is 9.94. The zero-order valence-corrected chi connectivity index (χ0v) is 19.2. The Morgan fingerprint density at radius 2 is 2.00 bits per heavy atom. The number of hydrogen-bond donors (Lipinski definition) is 1. The highest BCUT2D eigenvalue weighted by Gasteiger charge is 2.20. The lowest BCUT2D eigenvalue weighted by Crippen LogP contribution is -2.15. The van der Waals surface area contributed by atoms with E-state index < -0.39 is 0 Å². The number of carbonyl (C=O) groups is 1. The molecule has 1 N–H and O–H groups in total. The number of ether oxygens (including phenoxy) is 1. The van der Waals surface area contributed by atoms with Crippen molar-refractivity contribution in [3.8, 4) is 5.75 Å². The molecule has 0 saturated carbocycles. The Morgan fingerprint density at radius 1 is 1.20 bits per heavy atom. The molecule has 0 saturated heterocycles. The van der Waals surface area contributed by atoms with Crippen LogP contribution in [-0.2, 0) is 17.6 Å². The molecule has 7 heteroatoms. The van der Waals surface area contributed by atoms with E-state index in [0.717, 1.165) is 52.7 Å². The van der Waals surface area contributed by atoms with Crippen molar-refractivity contribution in [3.05, 3.63) is 57.2 Å². The first-order valence-corrected chi connectivity index (χ1v) is 11.6. The number of aryl methyl sites for hydroxylation is 2. The maximum Gasteiger partial charge on any atom is 0.234 e. The largest absolute Gasteiger partial charge is 0.495 e. The molecule has 4 nitrogen and oxygen atoms in total. The first-order valence-electron chi connectivity index (χ1n) is 9.84. The van der Waals surface area contributed by atoms with Crippen LogP contribution in [0.5, 0.6) is 5.75 Å². The number of halogens is 2.